The van der Waals surface area contributed by atoms with Gasteiger partial charge in [0.1, 0.15) is 5.76 Å². The molecule has 0 spiro atoms. The molecule has 2 aliphatic carbocycles. The number of hydrogen-bond acceptors (Lipinski definition) is 4. The Hall–Kier alpha value is -2.17. The lowest BCUT2D eigenvalue weighted by atomic mass is 10.1. The third-order valence-corrected chi connectivity index (χ3v) is 3.26. The molecule has 0 aromatic heterocycles. The van der Waals surface area contributed by atoms with Crippen LogP contribution in [0.5, 0.6) is 0 Å². The number of benzene rings is 1. The molecule has 0 radical (unpaired) electrons. The van der Waals surface area contributed by atoms with Crippen LogP contribution in [0.4, 0.5) is 0 Å². The van der Waals surface area contributed by atoms with E-state index in [0.29, 0.717) is 11.3 Å². The summed E-state index contributed by atoms with van der Waals surface area (Å²) in [5, 5.41) is 0. The van der Waals surface area contributed by atoms with Crippen LogP contribution in [0.3, 0.4) is 0 Å². The molecule has 2 aliphatic rings. The lowest BCUT2D eigenvalue weighted by molar-refractivity contribution is -0.111. The summed E-state index contributed by atoms with van der Waals surface area (Å²) >= 11 is 0. The summed E-state index contributed by atoms with van der Waals surface area (Å²) in [4.78, 5) is 11.1. The lowest BCUT2D eigenvalue weighted by Gasteiger charge is -2.08. The van der Waals surface area contributed by atoms with Crippen molar-refractivity contribution in [3.63, 3.8) is 0 Å². The van der Waals surface area contributed by atoms with Crippen molar-refractivity contribution in [3.8, 4) is 0 Å². The van der Waals surface area contributed by atoms with Crippen molar-refractivity contribution in [2.75, 3.05) is 7.11 Å². The summed E-state index contributed by atoms with van der Waals surface area (Å²) in [6, 6.07) is 10.3. The van der Waals surface area contributed by atoms with Crippen LogP contribution in [0.2, 0.25) is 0 Å². The molecule has 4 nitrogen and oxygen atoms in total. The molecular formula is C16H18N2O2. The first-order valence-electron chi connectivity index (χ1n) is 6.41. The molecule has 1 unspecified atom stereocenters. The molecule has 0 saturated carbocycles. The van der Waals surface area contributed by atoms with Crippen molar-refractivity contribution < 1.29 is 9.53 Å². The standard InChI is InChI=1S/C8H12N2.C8H6O2/c1-7(10-9)8-5-3-2-4-6-8;1-10-7-4-5-2-3-6(7)8(5)9/h2-7,10H,9H2,1H3;2-4H,1H3. The predicted octanol–water partition coefficient (Wildman–Crippen LogP) is 2.18. The summed E-state index contributed by atoms with van der Waals surface area (Å²) in [5.41, 5.74) is 5.33. The number of carbonyl (C=O) groups is 1. The van der Waals surface area contributed by atoms with E-state index in [4.69, 9.17) is 10.6 Å². The Labute approximate surface area is 118 Å². The predicted molar refractivity (Wildman–Crippen MR) is 78.4 cm³/mol. The maximum Gasteiger partial charge on any atom is 0.196 e. The topological polar surface area (TPSA) is 64.3 Å². The number of Topliss-reactive ketones (excluding diaryl/α,β-unsaturated/α-hetero) is 1. The second-order valence-electron chi connectivity index (χ2n) is 4.54. The molecule has 0 amide bonds. The largest absolute Gasteiger partial charge is 0.496 e. The van der Waals surface area contributed by atoms with E-state index in [-0.39, 0.29) is 11.8 Å². The van der Waals surface area contributed by atoms with Gasteiger partial charge in [-0.05, 0) is 24.6 Å². The van der Waals surface area contributed by atoms with Crippen LogP contribution in [-0.2, 0) is 9.53 Å². The van der Waals surface area contributed by atoms with Gasteiger partial charge in [0.15, 0.2) is 5.78 Å². The smallest absolute Gasteiger partial charge is 0.196 e. The zero-order valence-corrected chi connectivity index (χ0v) is 11.6. The fourth-order valence-corrected chi connectivity index (χ4v) is 2.01. The zero-order chi connectivity index (χ0) is 14.5. The second-order valence-corrected chi connectivity index (χ2v) is 4.54. The third-order valence-electron chi connectivity index (χ3n) is 3.26. The monoisotopic (exact) mass is 270 g/mol. The van der Waals surface area contributed by atoms with E-state index < -0.39 is 0 Å². The SMILES string of the molecule is CC(NN)c1ccccc1.COC1=C2C=CC(=C1)C2=O. The third kappa shape index (κ3) is 2.87. The minimum Gasteiger partial charge on any atom is -0.496 e. The number of allylic oxidation sites excluding steroid dienone is 5. The summed E-state index contributed by atoms with van der Waals surface area (Å²) < 4.78 is 4.95. The van der Waals surface area contributed by atoms with Gasteiger partial charge in [-0.3, -0.25) is 16.1 Å². The number of rotatable bonds is 3. The molecule has 2 bridgehead atoms. The van der Waals surface area contributed by atoms with Crippen LogP contribution in [-0.4, -0.2) is 12.9 Å². The molecule has 20 heavy (non-hydrogen) atoms. The first kappa shape index (κ1) is 14.2. The summed E-state index contributed by atoms with van der Waals surface area (Å²) in [6.45, 7) is 2.02. The highest BCUT2D eigenvalue weighted by molar-refractivity contribution is 6.18. The highest BCUT2D eigenvalue weighted by Gasteiger charge is 2.27. The van der Waals surface area contributed by atoms with E-state index in [0.717, 1.165) is 5.57 Å². The number of fused-ring (bicyclic) bond motifs is 2. The summed E-state index contributed by atoms with van der Waals surface area (Å²) in [6.07, 6.45) is 5.36. The van der Waals surface area contributed by atoms with Crippen LogP contribution in [0, 0.1) is 0 Å². The molecule has 3 N–H and O–H groups in total. The van der Waals surface area contributed by atoms with E-state index in [9.17, 15) is 4.79 Å². The normalized spacial score (nSPS) is 16.8. The van der Waals surface area contributed by atoms with Gasteiger partial charge in [-0.2, -0.15) is 0 Å². The fourth-order valence-electron chi connectivity index (χ4n) is 2.01. The molecule has 0 aliphatic heterocycles. The number of ketones is 1. The van der Waals surface area contributed by atoms with Crippen LogP contribution in [0.25, 0.3) is 0 Å². The number of hydrazine groups is 1. The molecule has 1 aromatic carbocycles. The van der Waals surface area contributed by atoms with Gasteiger partial charge in [-0.1, -0.05) is 36.4 Å². The maximum absolute atomic E-state index is 11.1. The zero-order valence-electron chi connectivity index (χ0n) is 11.6. The van der Waals surface area contributed by atoms with Gasteiger partial charge in [0.2, 0.25) is 0 Å². The average Bonchev–Trinajstić information content (AvgIpc) is 3.03. The molecule has 0 fully saturated rings. The fraction of sp³-hybridized carbons (Fsp3) is 0.188. The number of methoxy groups -OCH3 is 1. The first-order chi connectivity index (χ1) is 9.67. The Morgan fingerprint density at radius 1 is 1.20 bits per heavy atom. The summed E-state index contributed by atoms with van der Waals surface area (Å²) in [7, 11) is 1.57. The van der Waals surface area contributed by atoms with E-state index in [1.54, 1.807) is 25.3 Å². The number of nitrogens with two attached hydrogens (primary N) is 1. The minimum absolute atomic E-state index is 0.0943. The number of ether oxygens (including phenoxy) is 1. The lowest BCUT2D eigenvalue weighted by Crippen LogP contribution is -2.25. The van der Waals surface area contributed by atoms with Crippen LogP contribution < -0.4 is 11.3 Å². The van der Waals surface area contributed by atoms with Gasteiger partial charge in [0, 0.05) is 11.6 Å². The molecule has 4 heteroatoms. The average molecular weight is 270 g/mol. The molecule has 0 heterocycles. The van der Waals surface area contributed by atoms with Crippen molar-refractivity contribution >= 4 is 5.78 Å². The van der Waals surface area contributed by atoms with Gasteiger partial charge in [-0.25, -0.2) is 0 Å². The highest BCUT2D eigenvalue weighted by Crippen LogP contribution is 2.29. The molecular weight excluding hydrogens is 252 g/mol. The molecule has 3 rings (SSSR count). The Balaban J connectivity index is 0.000000147. The number of carbonyl (C=O) groups excluding carboxylic acids is 1. The maximum atomic E-state index is 11.1. The number of nitrogens with one attached hydrogen (secondary N) is 1. The van der Waals surface area contributed by atoms with Gasteiger partial charge in [0.05, 0.1) is 12.7 Å². The van der Waals surface area contributed by atoms with Crippen molar-refractivity contribution in [2.45, 2.75) is 13.0 Å². The van der Waals surface area contributed by atoms with Crippen LogP contribution in [0.1, 0.15) is 18.5 Å². The van der Waals surface area contributed by atoms with Gasteiger partial charge in [0.25, 0.3) is 0 Å². The van der Waals surface area contributed by atoms with Gasteiger partial charge >= 0.3 is 0 Å². The van der Waals surface area contributed by atoms with Crippen molar-refractivity contribution in [1.29, 1.82) is 0 Å². The van der Waals surface area contributed by atoms with Crippen LogP contribution >= 0.6 is 0 Å². The molecule has 1 aromatic rings. The quantitative estimate of drug-likeness (QED) is 0.652. The first-order valence-corrected chi connectivity index (χ1v) is 6.41. The summed E-state index contributed by atoms with van der Waals surface area (Å²) in [5.74, 6) is 6.05. The van der Waals surface area contributed by atoms with E-state index in [1.807, 2.05) is 37.3 Å². The van der Waals surface area contributed by atoms with Crippen molar-refractivity contribution in [2.24, 2.45) is 5.84 Å². The highest BCUT2D eigenvalue weighted by atomic mass is 16.5. The Bertz CT molecular complexity index is 586. The van der Waals surface area contributed by atoms with Gasteiger partial charge in [-0.15, -0.1) is 0 Å². The molecule has 0 saturated heterocycles. The Morgan fingerprint density at radius 3 is 2.30 bits per heavy atom. The van der Waals surface area contributed by atoms with Crippen molar-refractivity contribution in [1.82, 2.24) is 5.43 Å². The molecule has 104 valence electrons. The second kappa shape index (κ2) is 6.32. The van der Waals surface area contributed by atoms with E-state index >= 15 is 0 Å². The van der Waals surface area contributed by atoms with E-state index in [1.165, 1.54) is 5.56 Å². The number of hydrogen-bond donors (Lipinski definition) is 2. The Kier molecular flexibility index (Phi) is 4.50. The Morgan fingerprint density at radius 2 is 1.90 bits per heavy atom. The van der Waals surface area contributed by atoms with Crippen LogP contribution in [0.15, 0.2) is 65.5 Å². The van der Waals surface area contributed by atoms with E-state index in [2.05, 4.69) is 5.43 Å². The van der Waals surface area contributed by atoms with Crippen molar-refractivity contribution in [3.05, 3.63) is 71.0 Å². The minimum atomic E-state index is 0.0943. The molecule has 1 atom stereocenters. The van der Waals surface area contributed by atoms with Gasteiger partial charge < -0.3 is 4.74 Å².